The summed E-state index contributed by atoms with van der Waals surface area (Å²) in [5, 5.41) is 19.2. The van der Waals surface area contributed by atoms with Crippen LogP contribution in [0.3, 0.4) is 0 Å². The van der Waals surface area contributed by atoms with E-state index >= 15 is 0 Å². The largest absolute Gasteiger partial charge is 0.491 e. The molecule has 8 nitrogen and oxygen atoms in total. The van der Waals surface area contributed by atoms with Crippen LogP contribution < -0.4 is 4.74 Å². The second kappa shape index (κ2) is 9.47. The number of β-amino-alcohol motifs (C(OH)–C–C–N with tert-alkyl or cyclic N) is 1. The summed E-state index contributed by atoms with van der Waals surface area (Å²) in [5.41, 5.74) is 1.20. The summed E-state index contributed by atoms with van der Waals surface area (Å²) in [5.74, 6) is 2.20. The van der Waals surface area contributed by atoms with Gasteiger partial charge in [0.05, 0.1) is 6.61 Å². The zero-order valence-corrected chi connectivity index (χ0v) is 16.2. The average molecular weight is 387 g/mol. The molecule has 0 radical (unpaired) electrons. The quantitative estimate of drug-likeness (QED) is 0.711. The number of benzene rings is 1. The van der Waals surface area contributed by atoms with Crippen molar-refractivity contribution in [2.45, 2.75) is 37.8 Å². The molecule has 0 amide bonds. The third-order valence-electron chi connectivity index (χ3n) is 5.43. The molecule has 1 aromatic carbocycles. The Bertz CT molecular complexity index is 695. The van der Waals surface area contributed by atoms with Crippen LogP contribution in [-0.2, 0) is 11.4 Å². The van der Waals surface area contributed by atoms with E-state index < -0.39 is 6.10 Å². The lowest BCUT2D eigenvalue weighted by Gasteiger charge is -2.32. The first-order valence-electron chi connectivity index (χ1n) is 10.1. The minimum absolute atomic E-state index is 0.302. The van der Waals surface area contributed by atoms with Crippen molar-refractivity contribution in [3.05, 3.63) is 42.0 Å². The van der Waals surface area contributed by atoms with E-state index in [2.05, 4.69) is 32.2 Å². The highest BCUT2D eigenvalue weighted by molar-refractivity contribution is 5.27. The molecule has 152 valence electrons. The number of hydroxylamine groups is 2. The third kappa shape index (κ3) is 5.29. The molecule has 2 fully saturated rings. The third-order valence-corrected chi connectivity index (χ3v) is 5.43. The number of aromatic nitrogens is 3. The minimum atomic E-state index is -0.500. The van der Waals surface area contributed by atoms with Crippen molar-refractivity contribution in [1.29, 1.82) is 0 Å². The van der Waals surface area contributed by atoms with Crippen LogP contribution in [0.15, 0.2) is 30.6 Å². The second-order valence-electron chi connectivity index (χ2n) is 7.60. The summed E-state index contributed by atoms with van der Waals surface area (Å²) in [4.78, 5) is 12.1. The van der Waals surface area contributed by atoms with E-state index in [0.29, 0.717) is 19.1 Å². The van der Waals surface area contributed by atoms with Gasteiger partial charge in [-0.1, -0.05) is 12.1 Å². The maximum Gasteiger partial charge on any atom is 0.137 e. The van der Waals surface area contributed by atoms with Gasteiger partial charge in [-0.25, -0.2) is 4.98 Å². The molecule has 28 heavy (non-hydrogen) atoms. The molecule has 1 aromatic heterocycles. The van der Waals surface area contributed by atoms with E-state index in [-0.39, 0.29) is 0 Å². The van der Waals surface area contributed by atoms with Crippen LogP contribution in [-0.4, -0.2) is 75.7 Å². The molecule has 4 rings (SSSR count). The number of aliphatic hydroxyl groups excluding tert-OH is 1. The number of rotatable bonds is 8. The summed E-state index contributed by atoms with van der Waals surface area (Å²) in [6.07, 6.45) is 4.22. The summed E-state index contributed by atoms with van der Waals surface area (Å²) >= 11 is 0. The molecule has 0 bridgehead atoms. The molecule has 0 saturated carbocycles. The van der Waals surface area contributed by atoms with Crippen molar-refractivity contribution in [2.24, 2.45) is 0 Å². The fourth-order valence-corrected chi connectivity index (χ4v) is 3.86. The van der Waals surface area contributed by atoms with Gasteiger partial charge in [0, 0.05) is 25.6 Å². The van der Waals surface area contributed by atoms with Gasteiger partial charge in [0.15, 0.2) is 0 Å². The number of H-pyrrole nitrogens is 1. The average Bonchev–Trinajstić information content (AvgIpc) is 3.42. The van der Waals surface area contributed by atoms with Gasteiger partial charge in [0.1, 0.15) is 30.6 Å². The summed E-state index contributed by atoms with van der Waals surface area (Å²) < 4.78 is 5.77. The van der Waals surface area contributed by atoms with Crippen molar-refractivity contribution in [3.63, 3.8) is 0 Å². The van der Waals surface area contributed by atoms with Gasteiger partial charge in [-0.05, 0) is 50.0 Å². The predicted molar refractivity (Wildman–Crippen MR) is 104 cm³/mol. The van der Waals surface area contributed by atoms with Gasteiger partial charge >= 0.3 is 0 Å². The molecule has 2 aliphatic heterocycles. The van der Waals surface area contributed by atoms with Crippen molar-refractivity contribution in [1.82, 2.24) is 25.1 Å². The van der Waals surface area contributed by atoms with Gasteiger partial charge in [-0.3, -0.25) is 9.94 Å². The standard InChI is InChI=1S/C20H29N5O3/c26-18(13-24-9-6-17(7-10-24)20-21-15-22-23-20)14-27-19-4-2-16(3-5-19)12-25-8-1-11-28-25/h2-5,15,17-18,26H,1,6-14H2,(H,21,22,23). The molecule has 3 heterocycles. The first-order chi connectivity index (χ1) is 13.8. The SMILES string of the molecule is OC(COc1ccc(CN2CCCO2)cc1)CN1CCC(c2ncn[nH]2)CC1. The topological polar surface area (TPSA) is 86.7 Å². The van der Waals surface area contributed by atoms with Gasteiger partial charge < -0.3 is 14.7 Å². The van der Waals surface area contributed by atoms with Crippen LogP contribution >= 0.6 is 0 Å². The Balaban J connectivity index is 1.16. The molecule has 0 aliphatic carbocycles. The summed E-state index contributed by atoms with van der Waals surface area (Å²) in [6, 6.07) is 8.03. The van der Waals surface area contributed by atoms with Crippen LogP contribution in [0.5, 0.6) is 5.75 Å². The van der Waals surface area contributed by atoms with E-state index in [4.69, 9.17) is 9.57 Å². The number of hydrogen-bond acceptors (Lipinski definition) is 7. The van der Waals surface area contributed by atoms with Crippen LogP contribution in [0.2, 0.25) is 0 Å². The first kappa shape index (κ1) is 19.3. The van der Waals surface area contributed by atoms with Crippen molar-refractivity contribution < 1.29 is 14.7 Å². The van der Waals surface area contributed by atoms with E-state index in [1.807, 2.05) is 17.2 Å². The van der Waals surface area contributed by atoms with Crippen molar-refractivity contribution >= 4 is 0 Å². The molecule has 2 saturated heterocycles. The lowest BCUT2D eigenvalue weighted by molar-refractivity contribution is -0.117. The number of aromatic amines is 1. The zero-order valence-electron chi connectivity index (χ0n) is 16.2. The predicted octanol–water partition coefficient (Wildman–Crippen LogP) is 1.56. The number of aliphatic hydroxyl groups is 1. The number of hydrogen-bond donors (Lipinski definition) is 2. The van der Waals surface area contributed by atoms with Gasteiger partial charge in [-0.15, -0.1) is 0 Å². The van der Waals surface area contributed by atoms with Crippen LogP contribution in [0.25, 0.3) is 0 Å². The van der Waals surface area contributed by atoms with Crippen LogP contribution in [0, 0.1) is 0 Å². The van der Waals surface area contributed by atoms with Gasteiger partial charge in [-0.2, -0.15) is 10.2 Å². The summed E-state index contributed by atoms with van der Waals surface area (Å²) in [6.45, 7) is 5.44. The molecule has 1 unspecified atom stereocenters. The number of ether oxygens (including phenoxy) is 1. The van der Waals surface area contributed by atoms with E-state index in [1.165, 1.54) is 5.56 Å². The Labute approximate surface area is 165 Å². The van der Waals surface area contributed by atoms with Crippen molar-refractivity contribution in [2.75, 3.05) is 39.4 Å². The van der Waals surface area contributed by atoms with E-state index in [0.717, 1.165) is 63.6 Å². The van der Waals surface area contributed by atoms with Crippen LogP contribution in [0.4, 0.5) is 0 Å². The zero-order chi connectivity index (χ0) is 19.2. The van der Waals surface area contributed by atoms with Crippen LogP contribution in [0.1, 0.15) is 36.6 Å². The Hall–Kier alpha value is -2.00. The van der Waals surface area contributed by atoms with Gasteiger partial charge in [0.2, 0.25) is 0 Å². The van der Waals surface area contributed by atoms with E-state index in [1.54, 1.807) is 6.33 Å². The molecule has 2 aliphatic rings. The fraction of sp³-hybridized carbons (Fsp3) is 0.600. The Morgan fingerprint density at radius 1 is 1.21 bits per heavy atom. The molecule has 0 spiro atoms. The number of nitrogens with one attached hydrogen (secondary N) is 1. The number of piperidine rings is 1. The fourth-order valence-electron chi connectivity index (χ4n) is 3.86. The summed E-state index contributed by atoms with van der Waals surface area (Å²) in [7, 11) is 0. The first-order valence-corrected chi connectivity index (χ1v) is 10.1. The number of likely N-dealkylation sites (tertiary alicyclic amines) is 1. The molecular formula is C20H29N5O3. The molecular weight excluding hydrogens is 358 g/mol. The highest BCUT2D eigenvalue weighted by Crippen LogP contribution is 2.25. The lowest BCUT2D eigenvalue weighted by atomic mass is 9.96. The highest BCUT2D eigenvalue weighted by atomic mass is 16.7. The molecule has 8 heteroatoms. The monoisotopic (exact) mass is 387 g/mol. The lowest BCUT2D eigenvalue weighted by Crippen LogP contribution is -2.40. The molecule has 2 N–H and O–H groups in total. The Morgan fingerprint density at radius 2 is 2.04 bits per heavy atom. The molecule has 1 atom stereocenters. The van der Waals surface area contributed by atoms with Gasteiger partial charge in [0.25, 0.3) is 0 Å². The maximum atomic E-state index is 10.3. The second-order valence-corrected chi connectivity index (χ2v) is 7.60. The maximum absolute atomic E-state index is 10.3. The van der Waals surface area contributed by atoms with E-state index in [9.17, 15) is 5.11 Å². The molecule has 2 aromatic rings. The van der Waals surface area contributed by atoms with Crippen molar-refractivity contribution in [3.8, 4) is 5.75 Å². The Morgan fingerprint density at radius 3 is 2.71 bits per heavy atom. The smallest absolute Gasteiger partial charge is 0.137 e. The number of nitrogens with zero attached hydrogens (tertiary/aromatic N) is 4. The minimum Gasteiger partial charge on any atom is -0.491 e. The normalized spacial score (nSPS) is 20.5. The highest BCUT2D eigenvalue weighted by Gasteiger charge is 2.24. The Kier molecular flexibility index (Phi) is 6.53.